The van der Waals surface area contributed by atoms with Crippen molar-refractivity contribution in [2.45, 2.75) is 17.7 Å². The molecule has 3 nitrogen and oxygen atoms in total. The third-order valence-corrected chi connectivity index (χ3v) is 5.51. The lowest BCUT2D eigenvalue weighted by atomic mass is 10.00. The minimum atomic E-state index is -3.38. The Balaban J connectivity index is 2.20. The molecule has 1 aliphatic heterocycles. The SMILES string of the molecule is C#CC1CCN(S(=O)(=O)c2cccc(Br)c2)CC1. The van der Waals surface area contributed by atoms with Gasteiger partial charge in [-0.25, -0.2) is 8.42 Å². The van der Waals surface area contributed by atoms with Crippen molar-refractivity contribution in [2.24, 2.45) is 5.92 Å². The summed E-state index contributed by atoms with van der Waals surface area (Å²) in [7, 11) is -3.38. The van der Waals surface area contributed by atoms with Gasteiger partial charge >= 0.3 is 0 Å². The number of rotatable bonds is 2. The molecule has 1 fully saturated rings. The molecule has 1 saturated heterocycles. The summed E-state index contributed by atoms with van der Waals surface area (Å²) in [5.41, 5.74) is 0. The van der Waals surface area contributed by atoms with E-state index in [2.05, 4.69) is 21.9 Å². The Labute approximate surface area is 116 Å². The second kappa shape index (κ2) is 5.43. The van der Waals surface area contributed by atoms with Crippen molar-refractivity contribution < 1.29 is 8.42 Å². The van der Waals surface area contributed by atoms with Crippen molar-refractivity contribution in [1.29, 1.82) is 0 Å². The number of piperidine rings is 1. The van der Waals surface area contributed by atoms with Crippen LogP contribution in [0.2, 0.25) is 0 Å². The van der Waals surface area contributed by atoms with E-state index >= 15 is 0 Å². The van der Waals surface area contributed by atoms with E-state index in [0.29, 0.717) is 18.0 Å². The van der Waals surface area contributed by atoms with Gasteiger partial charge in [0.1, 0.15) is 0 Å². The van der Waals surface area contributed by atoms with E-state index in [1.165, 1.54) is 4.31 Å². The molecule has 0 atom stereocenters. The van der Waals surface area contributed by atoms with Crippen molar-refractivity contribution in [3.63, 3.8) is 0 Å². The fourth-order valence-corrected chi connectivity index (χ4v) is 4.11. The van der Waals surface area contributed by atoms with Crippen LogP contribution >= 0.6 is 15.9 Å². The minimum Gasteiger partial charge on any atom is -0.207 e. The fraction of sp³-hybridized carbons (Fsp3) is 0.385. The van der Waals surface area contributed by atoms with Crippen LogP contribution in [0.15, 0.2) is 33.6 Å². The van der Waals surface area contributed by atoms with Crippen LogP contribution in [0.25, 0.3) is 0 Å². The van der Waals surface area contributed by atoms with Gasteiger partial charge in [0.2, 0.25) is 10.0 Å². The second-order valence-electron chi connectivity index (χ2n) is 4.30. The highest BCUT2D eigenvalue weighted by Crippen LogP contribution is 2.24. The highest BCUT2D eigenvalue weighted by atomic mass is 79.9. The summed E-state index contributed by atoms with van der Waals surface area (Å²) in [5, 5.41) is 0. The Morgan fingerprint density at radius 3 is 2.56 bits per heavy atom. The summed E-state index contributed by atoms with van der Waals surface area (Å²) < 4.78 is 27.1. The molecule has 18 heavy (non-hydrogen) atoms. The zero-order valence-electron chi connectivity index (χ0n) is 9.84. The van der Waals surface area contributed by atoms with Gasteiger partial charge in [-0.2, -0.15) is 4.31 Å². The normalized spacial score (nSPS) is 18.4. The van der Waals surface area contributed by atoms with Crippen molar-refractivity contribution in [3.8, 4) is 12.3 Å². The van der Waals surface area contributed by atoms with Crippen molar-refractivity contribution in [2.75, 3.05) is 13.1 Å². The topological polar surface area (TPSA) is 37.4 Å². The van der Waals surface area contributed by atoms with Crippen LogP contribution in [0.4, 0.5) is 0 Å². The van der Waals surface area contributed by atoms with Crippen LogP contribution < -0.4 is 0 Å². The highest BCUT2D eigenvalue weighted by Gasteiger charge is 2.28. The largest absolute Gasteiger partial charge is 0.243 e. The number of hydrogen-bond donors (Lipinski definition) is 0. The smallest absolute Gasteiger partial charge is 0.207 e. The van der Waals surface area contributed by atoms with E-state index < -0.39 is 10.0 Å². The lowest BCUT2D eigenvalue weighted by Crippen LogP contribution is -2.38. The molecule has 1 aromatic carbocycles. The molecule has 0 spiro atoms. The summed E-state index contributed by atoms with van der Waals surface area (Å²) in [4.78, 5) is 0.330. The summed E-state index contributed by atoms with van der Waals surface area (Å²) in [6, 6.07) is 6.78. The molecule has 0 aliphatic carbocycles. The number of halogens is 1. The first-order valence-electron chi connectivity index (χ1n) is 5.76. The Hall–Kier alpha value is -0.830. The molecule has 96 valence electrons. The maximum absolute atomic E-state index is 12.4. The Kier molecular flexibility index (Phi) is 4.10. The predicted molar refractivity (Wildman–Crippen MR) is 74.5 cm³/mol. The lowest BCUT2D eigenvalue weighted by Gasteiger charge is -2.28. The maximum Gasteiger partial charge on any atom is 0.243 e. The van der Waals surface area contributed by atoms with E-state index in [1.807, 2.05) is 6.07 Å². The number of benzene rings is 1. The van der Waals surface area contributed by atoms with Crippen molar-refractivity contribution in [3.05, 3.63) is 28.7 Å². The van der Waals surface area contributed by atoms with E-state index in [4.69, 9.17) is 6.42 Å². The molecule has 5 heteroatoms. The number of nitrogens with zero attached hydrogens (tertiary/aromatic N) is 1. The van der Waals surface area contributed by atoms with Gasteiger partial charge in [-0.1, -0.05) is 22.0 Å². The Morgan fingerprint density at radius 1 is 1.33 bits per heavy atom. The predicted octanol–water partition coefficient (Wildman–Crippen LogP) is 2.48. The number of hydrogen-bond acceptors (Lipinski definition) is 2. The van der Waals surface area contributed by atoms with Gasteiger partial charge in [-0.15, -0.1) is 12.3 Å². The number of terminal acetylenes is 1. The van der Waals surface area contributed by atoms with Crippen molar-refractivity contribution in [1.82, 2.24) is 4.31 Å². The molecule has 0 aromatic heterocycles. The average Bonchev–Trinajstić information content (AvgIpc) is 2.39. The molecule has 1 aromatic rings. The fourth-order valence-electron chi connectivity index (χ4n) is 2.04. The van der Waals surface area contributed by atoms with Crippen LogP contribution in [-0.2, 0) is 10.0 Å². The molecule has 2 rings (SSSR count). The molecule has 0 saturated carbocycles. The van der Waals surface area contributed by atoms with E-state index in [1.54, 1.807) is 18.2 Å². The van der Waals surface area contributed by atoms with E-state index in [-0.39, 0.29) is 5.92 Å². The summed E-state index contributed by atoms with van der Waals surface area (Å²) in [6.07, 6.45) is 6.84. The zero-order chi connectivity index (χ0) is 13.2. The van der Waals surface area contributed by atoms with Crippen LogP contribution in [0.1, 0.15) is 12.8 Å². The maximum atomic E-state index is 12.4. The quantitative estimate of drug-likeness (QED) is 0.782. The summed E-state index contributed by atoms with van der Waals surface area (Å²) >= 11 is 3.29. The zero-order valence-corrected chi connectivity index (χ0v) is 12.2. The van der Waals surface area contributed by atoms with Gasteiger partial charge < -0.3 is 0 Å². The molecule has 0 bridgehead atoms. The molecule has 1 heterocycles. The molecular weight excluding hydrogens is 314 g/mol. The summed E-state index contributed by atoms with van der Waals surface area (Å²) in [5.74, 6) is 2.90. The second-order valence-corrected chi connectivity index (χ2v) is 7.16. The van der Waals surface area contributed by atoms with Crippen LogP contribution in [0.5, 0.6) is 0 Å². The minimum absolute atomic E-state index is 0.207. The highest BCUT2D eigenvalue weighted by molar-refractivity contribution is 9.10. The Morgan fingerprint density at radius 2 is 2.00 bits per heavy atom. The average molecular weight is 328 g/mol. The van der Waals surface area contributed by atoms with Crippen molar-refractivity contribution >= 4 is 26.0 Å². The van der Waals surface area contributed by atoms with E-state index in [0.717, 1.165) is 17.3 Å². The first-order chi connectivity index (χ1) is 8.54. The summed E-state index contributed by atoms with van der Waals surface area (Å²) in [6.45, 7) is 1.01. The van der Waals surface area contributed by atoms with Gasteiger partial charge in [0.15, 0.2) is 0 Å². The molecule has 0 radical (unpaired) electrons. The van der Waals surface area contributed by atoms with Gasteiger partial charge in [0.25, 0.3) is 0 Å². The first-order valence-corrected chi connectivity index (χ1v) is 7.99. The first kappa shape index (κ1) is 13.6. The van der Waals surface area contributed by atoms with Crippen LogP contribution in [0.3, 0.4) is 0 Å². The van der Waals surface area contributed by atoms with Crippen LogP contribution in [-0.4, -0.2) is 25.8 Å². The molecule has 1 aliphatic rings. The molecular formula is C13H14BrNO2S. The third kappa shape index (κ3) is 2.77. The lowest BCUT2D eigenvalue weighted by molar-refractivity contribution is 0.311. The Bertz CT molecular complexity index is 569. The molecule has 0 unspecified atom stereocenters. The van der Waals surface area contributed by atoms with Gasteiger partial charge in [0.05, 0.1) is 4.90 Å². The third-order valence-electron chi connectivity index (χ3n) is 3.12. The molecule has 0 N–H and O–H groups in total. The number of sulfonamides is 1. The standard InChI is InChI=1S/C13H14BrNO2S/c1-2-11-6-8-15(9-7-11)18(16,17)13-5-3-4-12(14)10-13/h1,3-5,10-11H,6-9H2. The van der Waals surface area contributed by atoms with Gasteiger partial charge in [-0.3, -0.25) is 0 Å². The monoisotopic (exact) mass is 327 g/mol. The molecule has 0 amide bonds. The van der Waals surface area contributed by atoms with Gasteiger partial charge in [0, 0.05) is 23.5 Å². The van der Waals surface area contributed by atoms with E-state index in [9.17, 15) is 8.42 Å². The van der Waals surface area contributed by atoms with Crippen LogP contribution in [0, 0.1) is 18.3 Å². The van der Waals surface area contributed by atoms with Gasteiger partial charge in [-0.05, 0) is 31.0 Å².